The number of benzene rings is 2. The number of hydrogen-bond acceptors (Lipinski definition) is 4. The van der Waals surface area contributed by atoms with E-state index in [1.165, 1.54) is 5.56 Å². The standard InChI is InChI=1S/C20H21N3O4/c1-23-16-7-6-14(10-17(16)27-12-19(23)24)22-20(25)21-11-18-15-5-3-2-4-13(15)8-9-26-18/h2-7,10,18H,8-9,11-12H2,1H3,(H2,21,22,25). The molecule has 2 aliphatic rings. The highest BCUT2D eigenvalue weighted by Crippen LogP contribution is 2.33. The third-order valence-corrected chi connectivity index (χ3v) is 4.84. The maximum absolute atomic E-state index is 12.3. The van der Waals surface area contributed by atoms with Crippen molar-refractivity contribution < 1.29 is 19.1 Å². The Labute approximate surface area is 157 Å². The van der Waals surface area contributed by atoms with Crippen LogP contribution in [-0.2, 0) is 16.0 Å². The molecule has 2 aliphatic heterocycles. The Morgan fingerprint density at radius 1 is 1.26 bits per heavy atom. The summed E-state index contributed by atoms with van der Waals surface area (Å²) >= 11 is 0. The number of nitrogens with zero attached hydrogens (tertiary/aromatic N) is 1. The lowest BCUT2D eigenvalue weighted by Gasteiger charge is -2.27. The Morgan fingerprint density at radius 3 is 3.00 bits per heavy atom. The number of fused-ring (bicyclic) bond motifs is 2. The highest BCUT2D eigenvalue weighted by Gasteiger charge is 2.23. The highest BCUT2D eigenvalue weighted by atomic mass is 16.5. The molecule has 0 spiro atoms. The lowest BCUT2D eigenvalue weighted by atomic mass is 9.98. The molecule has 1 unspecified atom stereocenters. The maximum atomic E-state index is 12.3. The molecule has 27 heavy (non-hydrogen) atoms. The van der Waals surface area contributed by atoms with Gasteiger partial charge in [0.25, 0.3) is 5.91 Å². The molecule has 0 saturated heterocycles. The molecule has 2 aromatic carbocycles. The van der Waals surface area contributed by atoms with Gasteiger partial charge in [0, 0.05) is 25.3 Å². The maximum Gasteiger partial charge on any atom is 0.319 e. The second-order valence-corrected chi connectivity index (χ2v) is 6.57. The van der Waals surface area contributed by atoms with Crippen LogP contribution in [0.15, 0.2) is 42.5 Å². The molecule has 0 radical (unpaired) electrons. The molecular formula is C20H21N3O4. The summed E-state index contributed by atoms with van der Waals surface area (Å²) in [6.07, 6.45) is 0.748. The van der Waals surface area contributed by atoms with E-state index in [4.69, 9.17) is 9.47 Å². The SMILES string of the molecule is CN1C(=O)COc2cc(NC(=O)NCC3OCCc4ccccc43)ccc21. The number of carbonyl (C=O) groups excluding carboxylic acids is 2. The van der Waals surface area contributed by atoms with Crippen LogP contribution in [0.5, 0.6) is 5.75 Å². The molecule has 2 aromatic rings. The van der Waals surface area contributed by atoms with Crippen LogP contribution < -0.4 is 20.3 Å². The minimum atomic E-state index is -0.318. The summed E-state index contributed by atoms with van der Waals surface area (Å²) in [5, 5.41) is 5.65. The summed E-state index contributed by atoms with van der Waals surface area (Å²) in [6, 6.07) is 13.0. The monoisotopic (exact) mass is 367 g/mol. The van der Waals surface area contributed by atoms with Gasteiger partial charge in [0.1, 0.15) is 11.9 Å². The first-order valence-electron chi connectivity index (χ1n) is 8.89. The number of urea groups is 1. The highest BCUT2D eigenvalue weighted by molar-refractivity contribution is 5.98. The van der Waals surface area contributed by atoms with Crippen molar-refractivity contribution in [2.24, 2.45) is 0 Å². The molecule has 4 rings (SSSR count). The Balaban J connectivity index is 1.37. The Morgan fingerprint density at radius 2 is 2.11 bits per heavy atom. The van der Waals surface area contributed by atoms with Gasteiger partial charge >= 0.3 is 6.03 Å². The van der Waals surface area contributed by atoms with Crippen molar-refractivity contribution in [3.05, 3.63) is 53.6 Å². The van der Waals surface area contributed by atoms with Crippen molar-refractivity contribution in [3.8, 4) is 5.75 Å². The van der Waals surface area contributed by atoms with Gasteiger partial charge in [-0.25, -0.2) is 4.79 Å². The number of nitrogens with one attached hydrogen (secondary N) is 2. The van der Waals surface area contributed by atoms with Gasteiger partial charge in [0.05, 0.1) is 12.3 Å². The molecule has 0 aliphatic carbocycles. The van der Waals surface area contributed by atoms with Crippen LogP contribution in [0, 0.1) is 0 Å². The van der Waals surface area contributed by atoms with E-state index >= 15 is 0 Å². The van der Waals surface area contributed by atoms with Crippen LogP contribution in [-0.4, -0.2) is 38.7 Å². The summed E-state index contributed by atoms with van der Waals surface area (Å²) in [5.41, 5.74) is 3.67. The number of likely N-dealkylation sites (N-methyl/N-ethyl adjacent to an activating group) is 1. The van der Waals surface area contributed by atoms with E-state index in [-0.39, 0.29) is 24.6 Å². The van der Waals surface area contributed by atoms with Crippen molar-refractivity contribution in [2.45, 2.75) is 12.5 Å². The van der Waals surface area contributed by atoms with Crippen LogP contribution in [0.2, 0.25) is 0 Å². The number of hydrogen-bond donors (Lipinski definition) is 2. The Hall–Kier alpha value is -3.06. The fourth-order valence-corrected chi connectivity index (χ4v) is 3.36. The largest absolute Gasteiger partial charge is 0.481 e. The van der Waals surface area contributed by atoms with Crippen LogP contribution >= 0.6 is 0 Å². The molecule has 0 fully saturated rings. The summed E-state index contributed by atoms with van der Waals surface area (Å²) in [5.74, 6) is 0.466. The molecule has 1 atom stereocenters. The van der Waals surface area contributed by atoms with E-state index in [0.717, 1.165) is 12.0 Å². The van der Waals surface area contributed by atoms with Crippen LogP contribution in [0.4, 0.5) is 16.2 Å². The van der Waals surface area contributed by atoms with E-state index in [9.17, 15) is 9.59 Å². The van der Waals surface area contributed by atoms with Gasteiger partial charge in [-0.05, 0) is 29.7 Å². The molecule has 2 heterocycles. The van der Waals surface area contributed by atoms with Gasteiger partial charge in [-0.1, -0.05) is 24.3 Å². The van der Waals surface area contributed by atoms with Crippen molar-refractivity contribution in [1.82, 2.24) is 5.32 Å². The molecule has 3 amide bonds. The smallest absolute Gasteiger partial charge is 0.319 e. The lowest BCUT2D eigenvalue weighted by Crippen LogP contribution is -2.36. The third kappa shape index (κ3) is 3.59. The Kier molecular flexibility index (Phi) is 4.68. The first-order valence-corrected chi connectivity index (χ1v) is 8.89. The van der Waals surface area contributed by atoms with Gasteiger partial charge in [0.2, 0.25) is 0 Å². The van der Waals surface area contributed by atoms with Gasteiger partial charge < -0.3 is 25.0 Å². The summed E-state index contributed by atoms with van der Waals surface area (Å²) < 4.78 is 11.2. The van der Waals surface area contributed by atoms with Crippen molar-refractivity contribution in [2.75, 3.05) is 37.0 Å². The van der Waals surface area contributed by atoms with Gasteiger partial charge in [0.15, 0.2) is 6.61 Å². The van der Waals surface area contributed by atoms with E-state index in [1.807, 2.05) is 18.2 Å². The van der Waals surface area contributed by atoms with Crippen LogP contribution in [0.1, 0.15) is 17.2 Å². The topological polar surface area (TPSA) is 79.9 Å². The average Bonchev–Trinajstić information content (AvgIpc) is 2.69. The molecule has 7 heteroatoms. The molecule has 0 saturated carbocycles. The predicted octanol–water partition coefficient (Wildman–Crippen LogP) is 2.48. The zero-order valence-electron chi connectivity index (χ0n) is 15.0. The van der Waals surface area contributed by atoms with Gasteiger partial charge in [-0.3, -0.25) is 4.79 Å². The quantitative estimate of drug-likeness (QED) is 0.873. The normalized spacial score (nSPS) is 18.2. The van der Waals surface area contributed by atoms with E-state index in [1.54, 1.807) is 30.1 Å². The number of anilines is 2. The molecule has 140 valence electrons. The number of amides is 3. The number of rotatable bonds is 3. The van der Waals surface area contributed by atoms with Crippen LogP contribution in [0.25, 0.3) is 0 Å². The van der Waals surface area contributed by atoms with Crippen molar-refractivity contribution in [1.29, 1.82) is 0 Å². The van der Waals surface area contributed by atoms with Gasteiger partial charge in [-0.15, -0.1) is 0 Å². The van der Waals surface area contributed by atoms with Crippen molar-refractivity contribution >= 4 is 23.3 Å². The first-order chi connectivity index (χ1) is 13.1. The fourth-order valence-electron chi connectivity index (χ4n) is 3.36. The predicted molar refractivity (Wildman–Crippen MR) is 101 cm³/mol. The molecule has 0 aromatic heterocycles. The minimum Gasteiger partial charge on any atom is -0.481 e. The second-order valence-electron chi connectivity index (χ2n) is 6.57. The lowest BCUT2D eigenvalue weighted by molar-refractivity contribution is -0.120. The number of carbonyl (C=O) groups is 2. The average molecular weight is 367 g/mol. The second kappa shape index (κ2) is 7.28. The summed E-state index contributed by atoms with van der Waals surface area (Å²) in [7, 11) is 1.70. The molecule has 7 nitrogen and oxygen atoms in total. The van der Waals surface area contributed by atoms with Crippen molar-refractivity contribution in [3.63, 3.8) is 0 Å². The molecule has 2 N–H and O–H groups in total. The zero-order valence-corrected chi connectivity index (χ0v) is 15.0. The minimum absolute atomic E-state index is 0.00240. The van der Waals surface area contributed by atoms with E-state index in [2.05, 4.69) is 16.7 Å². The third-order valence-electron chi connectivity index (χ3n) is 4.84. The molecule has 0 bridgehead atoms. The first kappa shape index (κ1) is 17.4. The van der Waals surface area contributed by atoms with E-state index < -0.39 is 0 Å². The van der Waals surface area contributed by atoms with Gasteiger partial charge in [-0.2, -0.15) is 0 Å². The zero-order chi connectivity index (χ0) is 18.8. The fraction of sp³-hybridized carbons (Fsp3) is 0.300. The summed E-state index contributed by atoms with van der Waals surface area (Å²) in [6.45, 7) is 1.04. The van der Waals surface area contributed by atoms with Crippen LogP contribution in [0.3, 0.4) is 0 Å². The summed E-state index contributed by atoms with van der Waals surface area (Å²) in [4.78, 5) is 25.5. The Bertz CT molecular complexity index is 883. The number of ether oxygens (including phenoxy) is 2. The van der Waals surface area contributed by atoms with E-state index in [0.29, 0.717) is 30.3 Å². The molecular weight excluding hydrogens is 346 g/mol.